The Balaban J connectivity index is 2.23. The minimum atomic E-state index is -0.413. The van der Waals surface area contributed by atoms with Gasteiger partial charge >= 0.3 is 6.03 Å². The highest BCUT2D eigenvalue weighted by atomic mass is 16.6. The smallest absolute Gasteiger partial charge is 0.317 e. The van der Waals surface area contributed by atoms with Crippen LogP contribution in [0.5, 0.6) is 0 Å². The number of non-ortho nitro benzene ring substituents is 1. The summed E-state index contributed by atoms with van der Waals surface area (Å²) in [5, 5.41) is 13.6. The number of amides is 2. The van der Waals surface area contributed by atoms with E-state index in [1.54, 1.807) is 26.2 Å². The number of nitrogens with one attached hydrogen (secondary N) is 1. The van der Waals surface area contributed by atoms with Gasteiger partial charge in [0.1, 0.15) is 0 Å². The highest BCUT2D eigenvalue weighted by molar-refractivity contribution is 5.74. The molecule has 18 heavy (non-hydrogen) atoms. The Bertz CT molecular complexity index is 499. The molecule has 0 bridgehead atoms. The lowest BCUT2D eigenvalue weighted by Gasteiger charge is -2.17. The molecule has 1 aromatic rings. The Morgan fingerprint density at radius 1 is 1.50 bits per heavy atom. The first-order valence-corrected chi connectivity index (χ1v) is 5.74. The molecule has 1 aliphatic carbocycles. The molecular formula is C12H15N3O3. The maximum absolute atomic E-state index is 11.6. The molecule has 2 amide bonds. The van der Waals surface area contributed by atoms with Crippen LogP contribution in [0.1, 0.15) is 23.6 Å². The standard InChI is InChI=1S/C12H15N3O3/c1-14(2)12(16)13-11-6-4-8-3-5-9(15(17)18)7-10(8)11/h3,5,7,11H,4,6H2,1-2H3,(H,13,16)/t11-/m0/s1. The summed E-state index contributed by atoms with van der Waals surface area (Å²) >= 11 is 0. The van der Waals surface area contributed by atoms with E-state index < -0.39 is 4.92 Å². The van der Waals surface area contributed by atoms with E-state index >= 15 is 0 Å². The molecule has 0 aliphatic heterocycles. The Labute approximate surface area is 105 Å². The topological polar surface area (TPSA) is 75.5 Å². The SMILES string of the molecule is CN(C)C(=O)N[C@H]1CCc2ccc([N+](=O)[O-])cc21. The molecule has 0 saturated carbocycles. The van der Waals surface area contributed by atoms with Crippen molar-refractivity contribution < 1.29 is 9.72 Å². The van der Waals surface area contributed by atoms with Crippen LogP contribution in [0.25, 0.3) is 0 Å². The molecule has 1 aliphatic rings. The van der Waals surface area contributed by atoms with E-state index in [4.69, 9.17) is 0 Å². The van der Waals surface area contributed by atoms with Gasteiger partial charge in [0, 0.05) is 26.2 Å². The van der Waals surface area contributed by atoms with E-state index in [0.29, 0.717) is 0 Å². The third-order valence-corrected chi connectivity index (χ3v) is 3.12. The van der Waals surface area contributed by atoms with Crippen molar-refractivity contribution in [1.82, 2.24) is 10.2 Å². The molecule has 1 atom stereocenters. The summed E-state index contributed by atoms with van der Waals surface area (Å²) in [7, 11) is 3.33. The summed E-state index contributed by atoms with van der Waals surface area (Å²) < 4.78 is 0. The average molecular weight is 249 g/mol. The summed E-state index contributed by atoms with van der Waals surface area (Å²) in [5.74, 6) is 0. The van der Waals surface area contributed by atoms with Gasteiger partial charge in [0.25, 0.3) is 5.69 Å². The molecule has 96 valence electrons. The molecule has 2 rings (SSSR count). The number of rotatable bonds is 2. The van der Waals surface area contributed by atoms with Gasteiger partial charge in [0.2, 0.25) is 0 Å². The van der Waals surface area contributed by atoms with Crippen LogP contribution in [0.2, 0.25) is 0 Å². The Kier molecular flexibility index (Phi) is 3.18. The fourth-order valence-corrected chi connectivity index (χ4v) is 2.13. The predicted molar refractivity (Wildman–Crippen MR) is 66.4 cm³/mol. The molecule has 6 nitrogen and oxygen atoms in total. The lowest BCUT2D eigenvalue weighted by Crippen LogP contribution is -2.36. The third kappa shape index (κ3) is 2.27. The van der Waals surface area contributed by atoms with Crippen molar-refractivity contribution in [3.8, 4) is 0 Å². The maximum Gasteiger partial charge on any atom is 0.317 e. The zero-order valence-electron chi connectivity index (χ0n) is 10.3. The van der Waals surface area contributed by atoms with Crippen molar-refractivity contribution >= 4 is 11.7 Å². The molecule has 0 spiro atoms. The van der Waals surface area contributed by atoms with Crippen LogP contribution in [-0.4, -0.2) is 29.9 Å². The Morgan fingerprint density at radius 3 is 2.83 bits per heavy atom. The van der Waals surface area contributed by atoms with Gasteiger partial charge < -0.3 is 10.2 Å². The molecule has 6 heteroatoms. The summed E-state index contributed by atoms with van der Waals surface area (Å²) in [4.78, 5) is 23.4. The molecule has 1 N–H and O–H groups in total. The first-order chi connectivity index (χ1) is 8.49. The van der Waals surface area contributed by atoms with E-state index in [1.807, 2.05) is 0 Å². The zero-order chi connectivity index (χ0) is 13.3. The first kappa shape index (κ1) is 12.3. The van der Waals surface area contributed by atoms with Gasteiger partial charge in [-0.2, -0.15) is 0 Å². The van der Waals surface area contributed by atoms with E-state index in [-0.39, 0.29) is 17.8 Å². The van der Waals surface area contributed by atoms with E-state index in [0.717, 1.165) is 24.0 Å². The third-order valence-electron chi connectivity index (χ3n) is 3.12. The van der Waals surface area contributed by atoms with Crippen LogP contribution in [-0.2, 0) is 6.42 Å². The van der Waals surface area contributed by atoms with Gasteiger partial charge in [-0.25, -0.2) is 4.79 Å². The molecule has 0 fully saturated rings. The lowest BCUT2D eigenvalue weighted by molar-refractivity contribution is -0.384. The quantitative estimate of drug-likeness (QED) is 0.642. The second-order valence-corrected chi connectivity index (χ2v) is 4.58. The number of carbonyl (C=O) groups excluding carboxylic acids is 1. The number of nitrogens with zero attached hydrogens (tertiary/aromatic N) is 2. The van der Waals surface area contributed by atoms with Gasteiger partial charge in [-0.3, -0.25) is 10.1 Å². The van der Waals surface area contributed by atoms with Crippen LogP contribution in [0.4, 0.5) is 10.5 Å². The minimum absolute atomic E-state index is 0.0692. The maximum atomic E-state index is 11.6. The molecule has 0 heterocycles. The number of urea groups is 1. The zero-order valence-corrected chi connectivity index (χ0v) is 10.3. The summed E-state index contributed by atoms with van der Waals surface area (Å²) in [5.41, 5.74) is 2.00. The fraction of sp³-hybridized carbons (Fsp3) is 0.417. The summed E-state index contributed by atoms with van der Waals surface area (Å²) in [6.07, 6.45) is 1.63. The van der Waals surface area contributed by atoms with Crippen molar-refractivity contribution in [3.05, 3.63) is 39.4 Å². The Hall–Kier alpha value is -2.11. The number of benzene rings is 1. The van der Waals surface area contributed by atoms with E-state index in [2.05, 4.69) is 5.32 Å². The van der Waals surface area contributed by atoms with Crippen molar-refractivity contribution in [3.63, 3.8) is 0 Å². The molecule has 0 unspecified atom stereocenters. The monoisotopic (exact) mass is 249 g/mol. The van der Waals surface area contributed by atoms with Gasteiger partial charge in [-0.15, -0.1) is 0 Å². The van der Waals surface area contributed by atoms with Crippen molar-refractivity contribution in [2.45, 2.75) is 18.9 Å². The highest BCUT2D eigenvalue weighted by Crippen LogP contribution is 2.33. The number of aryl methyl sites for hydroxylation is 1. The Morgan fingerprint density at radius 2 is 2.22 bits per heavy atom. The number of fused-ring (bicyclic) bond motifs is 1. The van der Waals surface area contributed by atoms with Gasteiger partial charge in [-0.05, 0) is 24.0 Å². The van der Waals surface area contributed by atoms with Crippen LogP contribution >= 0.6 is 0 Å². The molecule has 1 aromatic carbocycles. The van der Waals surface area contributed by atoms with E-state index in [9.17, 15) is 14.9 Å². The first-order valence-electron chi connectivity index (χ1n) is 5.74. The van der Waals surface area contributed by atoms with Crippen LogP contribution in [0, 0.1) is 10.1 Å². The van der Waals surface area contributed by atoms with Crippen LogP contribution in [0.15, 0.2) is 18.2 Å². The average Bonchev–Trinajstić information content (AvgIpc) is 2.71. The lowest BCUT2D eigenvalue weighted by atomic mass is 10.1. The number of nitro groups is 1. The van der Waals surface area contributed by atoms with Crippen molar-refractivity contribution in [2.75, 3.05) is 14.1 Å². The van der Waals surface area contributed by atoms with E-state index in [1.165, 1.54) is 11.0 Å². The number of carbonyl (C=O) groups is 1. The summed E-state index contributed by atoms with van der Waals surface area (Å²) in [6, 6.07) is 4.53. The predicted octanol–water partition coefficient (Wildman–Crippen LogP) is 1.85. The number of hydrogen-bond donors (Lipinski definition) is 1. The van der Waals surface area contributed by atoms with Crippen LogP contribution in [0.3, 0.4) is 0 Å². The van der Waals surface area contributed by atoms with Crippen molar-refractivity contribution in [1.29, 1.82) is 0 Å². The molecule has 0 saturated heterocycles. The second-order valence-electron chi connectivity index (χ2n) is 4.58. The molecule has 0 aromatic heterocycles. The molecular weight excluding hydrogens is 234 g/mol. The minimum Gasteiger partial charge on any atom is -0.331 e. The van der Waals surface area contributed by atoms with Gasteiger partial charge in [-0.1, -0.05) is 6.07 Å². The summed E-state index contributed by atoms with van der Waals surface area (Å²) in [6.45, 7) is 0. The number of nitro benzene ring substituents is 1. The number of hydrogen-bond acceptors (Lipinski definition) is 3. The largest absolute Gasteiger partial charge is 0.331 e. The second kappa shape index (κ2) is 4.64. The fourth-order valence-electron chi connectivity index (χ4n) is 2.13. The normalized spacial score (nSPS) is 17.1. The highest BCUT2D eigenvalue weighted by Gasteiger charge is 2.26. The van der Waals surface area contributed by atoms with Gasteiger partial charge in [0.05, 0.1) is 11.0 Å². The van der Waals surface area contributed by atoms with Crippen LogP contribution < -0.4 is 5.32 Å². The van der Waals surface area contributed by atoms with Gasteiger partial charge in [0.15, 0.2) is 0 Å². The molecule has 0 radical (unpaired) electrons. The van der Waals surface area contributed by atoms with Crippen molar-refractivity contribution in [2.24, 2.45) is 0 Å².